The smallest absolute Gasteiger partial charge is 0.261 e. The quantitative estimate of drug-likeness (QED) is 0.728. The molecule has 2 amide bonds. The summed E-state index contributed by atoms with van der Waals surface area (Å²) in [6.07, 6.45) is 3.75. The molecule has 6 nitrogen and oxygen atoms in total. The Balaban J connectivity index is 1.70. The second-order valence-electron chi connectivity index (χ2n) is 4.59. The number of hydrogen-bond acceptors (Lipinski definition) is 4. The molecular formula is C14H11BrN4O2S. The van der Waals surface area contributed by atoms with Crippen molar-refractivity contribution in [2.45, 2.75) is 6.54 Å². The first-order valence-electron chi connectivity index (χ1n) is 6.32. The first-order chi connectivity index (χ1) is 10.5. The minimum Gasteiger partial charge on any atom is -0.366 e. The van der Waals surface area contributed by atoms with Gasteiger partial charge in [0.25, 0.3) is 5.91 Å². The van der Waals surface area contributed by atoms with Gasteiger partial charge >= 0.3 is 0 Å². The van der Waals surface area contributed by atoms with E-state index >= 15 is 0 Å². The third kappa shape index (κ3) is 3.02. The van der Waals surface area contributed by atoms with Crippen molar-refractivity contribution in [2.75, 3.05) is 0 Å². The summed E-state index contributed by atoms with van der Waals surface area (Å²) in [5.41, 5.74) is 7.06. The van der Waals surface area contributed by atoms with E-state index in [1.165, 1.54) is 17.4 Å². The number of fused-ring (bicyclic) bond motifs is 1. The van der Waals surface area contributed by atoms with Gasteiger partial charge in [0, 0.05) is 22.2 Å². The number of amides is 2. The molecule has 0 unspecified atom stereocenters. The van der Waals surface area contributed by atoms with E-state index in [1.807, 2.05) is 28.9 Å². The van der Waals surface area contributed by atoms with Crippen molar-refractivity contribution in [3.05, 3.63) is 56.6 Å². The molecule has 0 saturated heterocycles. The first kappa shape index (κ1) is 14.7. The zero-order valence-corrected chi connectivity index (χ0v) is 13.6. The number of thiophene rings is 1. The van der Waals surface area contributed by atoms with E-state index in [-0.39, 0.29) is 5.91 Å². The maximum Gasteiger partial charge on any atom is 0.261 e. The lowest BCUT2D eigenvalue weighted by atomic mass is 10.3. The number of rotatable bonds is 4. The fourth-order valence-corrected chi connectivity index (χ4v) is 3.11. The average Bonchev–Trinajstić information content (AvgIpc) is 3.10. The van der Waals surface area contributed by atoms with Crippen LogP contribution in [0.5, 0.6) is 0 Å². The number of carbonyl (C=O) groups excluding carboxylic acids is 2. The van der Waals surface area contributed by atoms with Crippen LogP contribution in [0, 0.1) is 0 Å². The van der Waals surface area contributed by atoms with Crippen molar-refractivity contribution < 1.29 is 9.59 Å². The van der Waals surface area contributed by atoms with E-state index in [0.717, 1.165) is 15.8 Å². The van der Waals surface area contributed by atoms with Gasteiger partial charge in [0.05, 0.1) is 22.7 Å². The standard InChI is InChI=1S/C14H11BrN4O2S/c15-9-1-2-12-18-10(6-19(12)5-9)4-17-14(21)11-3-8(7-22-11)13(16)20/h1-3,5-7H,4H2,(H2,16,20)(H,17,21). The molecule has 3 N–H and O–H groups in total. The predicted molar refractivity (Wildman–Crippen MR) is 86.9 cm³/mol. The van der Waals surface area contributed by atoms with Gasteiger partial charge in [-0.1, -0.05) is 0 Å². The largest absolute Gasteiger partial charge is 0.366 e. The van der Waals surface area contributed by atoms with E-state index in [9.17, 15) is 9.59 Å². The molecule has 0 fully saturated rings. The Kier molecular flexibility index (Phi) is 3.95. The molecule has 3 rings (SSSR count). The molecule has 0 bridgehead atoms. The Morgan fingerprint density at radius 2 is 2.18 bits per heavy atom. The third-order valence-corrected chi connectivity index (χ3v) is 4.40. The molecule has 0 saturated carbocycles. The monoisotopic (exact) mass is 378 g/mol. The number of nitrogens with zero attached hydrogens (tertiary/aromatic N) is 2. The summed E-state index contributed by atoms with van der Waals surface area (Å²) in [7, 11) is 0. The Hall–Kier alpha value is -2.19. The average molecular weight is 379 g/mol. The molecule has 22 heavy (non-hydrogen) atoms. The summed E-state index contributed by atoms with van der Waals surface area (Å²) in [4.78, 5) is 27.9. The molecule has 3 aromatic heterocycles. The van der Waals surface area contributed by atoms with Crippen LogP contribution in [0.3, 0.4) is 0 Å². The summed E-state index contributed by atoms with van der Waals surface area (Å²) in [5.74, 6) is -0.794. The molecule has 0 aliphatic carbocycles. The Morgan fingerprint density at radius 1 is 1.36 bits per heavy atom. The highest BCUT2D eigenvalue weighted by Crippen LogP contribution is 2.15. The number of nitrogens with two attached hydrogens (primary N) is 1. The topological polar surface area (TPSA) is 89.5 Å². The molecule has 0 aromatic carbocycles. The van der Waals surface area contributed by atoms with Crippen LogP contribution >= 0.6 is 27.3 Å². The maximum absolute atomic E-state index is 12.0. The number of primary amides is 1. The van der Waals surface area contributed by atoms with Gasteiger partial charge < -0.3 is 15.5 Å². The van der Waals surface area contributed by atoms with Gasteiger partial charge in [0.1, 0.15) is 5.65 Å². The zero-order chi connectivity index (χ0) is 15.7. The summed E-state index contributed by atoms with van der Waals surface area (Å²) < 4.78 is 2.83. The Morgan fingerprint density at radius 3 is 2.91 bits per heavy atom. The van der Waals surface area contributed by atoms with Gasteiger partial charge in [-0.3, -0.25) is 9.59 Å². The third-order valence-electron chi connectivity index (χ3n) is 3.00. The van der Waals surface area contributed by atoms with Gasteiger partial charge in [0.2, 0.25) is 5.91 Å². The van der Waals surface area contributed by atoms with Crippen molar-refractivity contribution in [2.24, 2.45) is 5.73 Å². The normalized spacial score (nSPS) is 10.8. The van der Waals surface area contributed by atoms with Crippen molar-refractivity contribution in [3.63, 3.8) is 0 Å². The number of pyridine rings is 1. The predicted octanol–water partition coefficient (Wildman–Crippen LogP) is 2.19. The van der Waals surface area contributed by atoms with E-state index in [2.05, 4.69) is 26.2 Å². The van der Waals surface area contributed by atoms with E-state index in [0.29, 0.717) is 17.0 Å². The van der Waals surface area contributed by atoms with Gasteiger partial charge in [-0.25, -0.2) is 4.98 Å². The Bertz CT molecular complexity index is 871. The fourth-order valence-electron chi connectivity index (χ4n) is 1.94. The number of halogens is 1. The summed E-state index contributed by atoms with van der Waals surface area (Å²) in [6.45, 7) is 0.307. The van der Waals surface area contributed by atoms with Crippen molar-refractivity contribution in [3.8, 4) is 0 Å². The highest BCUT2D eigenvalue weighted by molar-refractivity contribution is 9.10. The highest BCUT2D eigenvalue weighted by atomic mass is 79.9. The van der Waals surface area contributed by atoms with Gasteiger partial charge in [-0.05, 0) is 34.1 Å². The van der Waals surface area contributed by atoms with E-state index < -0.39 is 5.91 Å². The SMILES string of the molecule is NC(=O)c1csc(C(=O)NCc2cn3cc(Br)ccc3n2)c1. The highest BCUT2D eigenvalue weighted by Gasteiger charge is 2.12. The van der Waals surface area contributed by atoms with Crippen molar-refractivity contribution >= 4 is 44.7 Å². The lowest BCUT2D eigenvalue weighted by molar-refractivity contribution is 0.0954. The van der Waals surface area contributed by atoms with Gasteiger partial charge in [0.15, 0.2) is 0 Å². The number of hydrogen-bond donors (Lipinski definition) is 2. The van der Waals surface area contributed by atoms with E-state index in [1.54, 1.807) is 5.38 Å². The van der Waals surface area contributed by atoms with Crippen LogP contribution in [0.4, 0.5) is 0 Å². The van der Waals surface area contributed by atoms with Crippen LogP contribution < -0.4 is 11.1 Å². The second kappa shape index (κ2) is 5.90. The fraction of sp³-hybridized carbons (Fsp3) is 0.0714. The molecule has 8 heteroatoms. The van der Waals surface area contributed by atoms with Crippen LogP contribution in [0.1, 0.15) is 25.7 Å². The number of imidazole rings is 1. The first-order valence-corrected chi connectivity index (χ1v) is 8.00. The zero-order valence-electron chi connectivity index (χ0n) is 11.2. The molecule has 0 radical (unpaired) electrons. The lowest BCUT2D eigenvalue weighted by Crippen LogP contribution is -2.22. The molecular weight excluding hydrogens is 368 g/mol. The molecule has 3 heterocycles. The number of aromatic nitrogens is 2. The van der Waals surface area contributed by atoms with Crippen molar-refractivity contribution in [1.82, 2.24) is 14.7 Å². The van der Waals surface area contributed by atoms with Crippen molar-refractivity contribution in [1.29, 1.82) is 0 Å². The molecule has 0 atom stereocenters. The molecule has 0 aliphatic heterocycles. The molecule has 0 aliphatic rings. The maximum atomic E-state index is 12.0. The van der Waals surface area contributed by atoms with Crippen LogP contribution in [-0.4, -0.2) is 21.2 Å². The van der Waals surface area contributed by atoms with E-state index in [4.69, 9.17) is 5.73 Å². The summed E-state index contributed by atoms with van der Waals surface area (Å²) in [5, 5.41) is 4.34. The molecule has 3 aromatic rings. The lowest BCUT2D eigenvalue weighted by Gasteiger charge is -1.99. The Labute approximate surface area is 138 Å². The molecule has 112 valence electrons. The van der Waals surface area contributed by atoms with Crippen LogP contribution in [0.25, 0.3) is 5.65 Å². The van der Waals surface area contributed by atoms with Crippen LogP contribution in [0.15, 0.2) is 40.4 Å². The summed E-state index contributed by atoms with van der Waals surface area (Å²) >= 11 is 4.58. The van der Waals surface area contributed by atoms with Crippen LogP contribution in [-0.2, 0) is 6.54 Å². The second-order valence-corrected chi connectivity index (χ2v) is 6.42. The number of nitrogens with one attached hydrogen (secondary N) is 1. The molecule has 0 spiro atoms. The minimum absolute atomic E-state index is 0.254. The van der Waals surface area contributed by atoms with Gasteiger partial charge in [-0.2, -0.15) is 0 Å². The van der Waals surface area contributed by atoms with Gasteiger partial charge in [-0.15, -0.1) is 11.3 Å². The summed E-state index contributed by atoms with van der Waals surface area (Å²) in [6, 6.07) is 5.28. The number of carbonyl (C=O) groups is 2. The minimum atomic E-state index is -0.541. The van der Waals surface area contributed by atoms with Crippen LogP contribution in [0.2, 0.25) is 0 Å².